The Bertz CT molecular complexity index is 1240. The average molecular weight is 570 g/mol. The number of β-amino-alcohol motifs (C(OH)–C–C–N with tert-alkyl or cyclic N) is 1. The molecule has 4 rings (SSSR count). The van der Waals surface area contributed by atoms with Crippen molar-refractivity contribution in [2.45, 2.75) is 62.4 Å². The van der Waals surface area contributed by atoms with Crippen LogP contribution in [0.2, 0.25) is 0 Å². The predicted octanol–water partition coefficient (Wildman–Crippen LogP) is 5.31. The topological polar surface area (TPSA) is 117 Å². The molecule has 9 heteroatoms. The first-order valence-corrected chi connectivity index (χ1v) is 15.4. The molecule has 0 aromatic heterocycles. The Balaban J connectivity index is 1.38. The second kappa shape index (κ2) is 13.7. The Morgan fingerprint density at radius 1 is 0.850 bits per heavy atom. The highest BCUT2D eigenvalue weighted by molar-refractivity contribution is 7.53. The number of hydrogen-bond acceptors (Lipinski definition) is 6. The van der Waals surface area contributed by atoms with Crippen molar-refractivity contribution in [2.75, 3.05) is 19.8 Å². The summed E-state index contributed by atoms with van der Waals surface area (Å²) in [6, 6.07) is 26.2. The first-order chi connectivity index (χ1) is 19.3. The molecule has 0 radical (unpaired) electrons. The lowest BCUT2D eigenvalue weighted by Gasteiger charge is -2.53. The van der Waals surface area contributed by atoms with E-state index in [0.29, 0.717) is 49.5 Å². The van der Waals surface area contributed by atoms with Crippen molar-refractivity contribution in [1.82, 2.24) is 5.32 Å². The van der Waals surface area contributed by atoms with Gasteiger partial charge in [-0.1, -0.05) is 74.4 Å². The van der Waals surface area contributed by atoms with Gasteiger partial charge in [-0.2, -0.15) is 0 Å². The fourth-order valence-electron chi connectivity index (χ4n) is 5.60. The third-order valence-electron chi connectivity index (χ3n) is 7.89. The lowest BCUT2D eigenvalue weighted by Crippen LogP contribution is -2.67. The van der Waals surface area contributed by atoms with Gasteiger partial charge in [-0.3, -0.25) is 4.57 Å². The molecule has 3 aromatic rings. The maximum absolute atomic E-state index is 13.1. The van der Waals surface area contributed by atoms with E-state index < -0.39 is 24.4 Å². The predicted molar refractivity (Wildman–Crippen MR) is 155 cm³/mol. The first kappa shape index (κ1) is 30.1. The van der Waals surface area contributed by atoms with Gasteiger partial charge in [0.15, 0.2) is 0 Å². The molecule has 3 atom stereocenters. The number of nitrogens with one attached hydrogen (secondary N) is 1. The van der Waals surface area contributed by atoms with Crippen LogP contribution in [0.3, 0.4) is 0 Å². The number of aliphatic hydroxyl groups excluding tert-OH is 1. The Labute approximate surface area is 236 Å². The van der Waals surface area contributed by atoms with E-state index in [1.165, 1.54) is 0 Å². The fraction of sp³-hybridized carbons (Fsp3) is 0.419. The molecule has 216 valence electrons. The van der Waals surface area contributed by atoms with Crippen molar-refractivity contribution in [2.24, 2.45) is 0 Å². The highest BCUT2D eigenvalue weighted by atomic mass is 31.2. The van der Waals surface area contributed by atoms with Crippen LogP contribution in [0.1, 0.15) is 44.6 Å². The van der Waals surface area contributed by atoms with Crippen LogP contribution >= 0.6 is 7.60 Å². The second-order valence-electron chi connectivity index (χ2n) is 10.4. The lowest BCUT2D eigenvalue weighted by atomic mass is 9.70. The normalized spacial score (nSPS) is 21.9. The minimum atomic E-state index is -4.62. The molecule has 1 saturated carbocycles. The lowest BCUT2D eigenvalue weighted by molar-refractivity contribution is 0.0560. The van der Waals surface area contributed by atoms with Gasteiger partial charge < -0.3 is 34.4 Å². The first-order valence-electron chi connectivity index (χ1n) is 13.8. The molecule has 4 N–H and O–H groups in total. The highest BCUT2D eigenvalue weighted by Crippen LogP contribution is 2.62. The van der Waals surface area contributed by atoms with Crippen LogP contribution in [0, 0.1) is 0 Å². The maximum Gasteiger partial charge on any atom is 0.336 e. The van der Waals surface area contributed by atoms with E-state index in [1.807, 2.05) is 67.6 Å². The average Bonchev–Trinajstić information content (AvgIpc) is 2.98. The van der Waals surface area contributed by atoms with Crippen LogP contribution < -0.4 is 19.5 Å². The number of ether oxygens (including phenoxy) is 3. The van der Waals surface area contributed by atoms with Crippen molar-refractivity contribution in [3.63, 3.8) is 0 Å². The molecule has 1 aliphatic carbocycles. The minimum Gasteiger partial charge on any atom is -0.492 e. The molecule has 0 bridgehead atoms. The Morgan fingerprint density at radius 2 is 1.48 bits per heavy atom. The molecule has 0 saturated heterocycles. The van der Waals surface area contributed by atoms with Gasteiger partial charge in [-0.25, -0.2) is 0 Å². The van der Waals surface area contributed by atoms with Gasteiger partial charge in [-0.15, -0.1) is 0 Å². The number of rotatable bonds is 14. The van der Waals surface area contributed by atoms with Crippen molar-refractivity contribution < 1.29 is 33.7 Å². The molecule has 0 heterocycles. The summed E-state index contributed by atoms with van der Waals surface area (Å²) in [5.41, 5.74) is 0.147. The number of benzene rings is 3. The maximum atomic E-state index is 13.1. The van der Waals surface area contributed by atoms with E-state index in [9.17, 15) is 19.5 Å². The Hall–Kier alpha value is -2.87. The summed E-state index contributed by atoms with van der Waals surface area (Å²) in [5, 5.41) is 12.8. The van der Waals surface area contributed by atoms with Gasteiger partial charge in [0.05, 0.1) is 0 Å². The van der Waals surface area contributed by atoms with Crippen LogP contribution in [-0.2, 0) is 11.2 Å². The molecule has 0 spiro atoms. The van der Waals surface area contributed by atoms with Gasteiger partial charge in [-0.05, 0) is 49.1 Å². The number of para-hydroxylation sites is 1. The Kier molecular flexibility index (Phi) is 10.3. The van der Waals surface area contributed by atoms with Crippen LogP contribution in [0.25, 0.3) is 0 Å². The van der Waals surface area contributed by atoms with Crippen molar-refractivity contribution in [3.8, 4) is 17.2 Å². The van der Waals surface area contributed by atoms with E-state index in [0.717, 1.165) is 12.0 Å². The zero-order chi connectivity index (χ0) is 28.5. The highest BCUT2D eigenvalue weighted by Gasteiger charge is 2.62. The van der Waals surface area contributed by atoms with Gasteiger partial charge in [0.1, 0.15) is 48.3 Å². The van der Waals surface area contributed by atoms with Crippen molar-refractivity contribution >= 4 is 7.60 Å². The van der Waals surface area contributed by atoms with E-state index in [4.69, 9.17) is 14.2 Å². The van der Waals surface area contributed by atoms with Gasteiger partial charge in [0.25, 0.3) is 0 Å². The zero-order valence-electron chi connectivity index (χ0n) is 22.9. The van der Waals surface area contributed by atoms with Gasteiger partial charge >= 0.3 is 7.60 Å². The number of aliphatic hydroxyl groups is 1. The third kappa shape index (κ3) is 7.25. The van der Waals surface area contributed by atoms with E-state index in [2.05, 4.69) is 5.32 Å². The SMILES string of the molecule is CCC1(NCC(O)COc2cccc(OCc3ccccc3)c2)CCCCC1(COc1ccccc1)P(=O)(O)O. The van der Waals surface area contributed by atoms with Crippen LogP contribution in [-0.4, -0.2) is 51.5 Å². The molecule has 0 aliphatic heterocycles. The summed E-state index contributed by atoms with van der Waals surface area (Å²) in [4.78, 5) is 21.4. The molecule has 3 unspecified atom stereocenters. The van der Waals surface area contributed by atoms with E-state index in [1.54, 1.807) is 24.3 Å². The van der Waals surface area contributed by atoms with Crippen LogP contribution in [0.15, 0.2) is 84.9 Å². The molecule has 1 fully saturated rings. The molecule has 1 aliphatic rings. The van der Waals surface area contributed by atoms with Crippen molar-refractivity contribution in [3.05, 3.63) is 90.5 Å². The molecule has 0 amide bonds. The minimum absolute atomic E-state index is 0.0123. The van der Waals surface area contributed by atoms with Gasteiger partial charge in [0, 0.05) is 18.2 Å². The van der Waals surface area contributed by atoms with E-state index in [-0.39, 0.29) is 19.8 Å². The molecular formula is C31H40NO7P. The summed E-state index contributed by atoms with van der Waals surface area (Å²) < 4.78 is 30.8. The molecular weight excluding hydrogens is 529 g/mol. The second-order valence-corrected chi connectivity index (χ2v) is 12.4. The molecule has 8 nitrogen and oxygen atoms in total. The summed E-state index contributed by atoms with van der Waals surface area (Å²) in [6.45, 7) is 2.37. The summed E-state index contributed by atoms with van der Waals surface area (Å²) in [7, 11) is -4.62. The van der Waals surface area contributed by atoms with E-state index >= 15 is 0 Å². The van der Waals surface area contributed by atoms with Gasteiger partial charge in [0.2, 0.25) is 0 Å². The summed E-state index contributed by atoms with van der Waals surface area (Å²) >= 11 is 0. The standard InChI is InChI=1S/C31H40NO7P/c1-2-30(18-9-10-19-31(30,40(34,35)36)24-39-27-14-7-4-8-15-27)32-21-26(33)23-38-29-17-11-16-28(20-29)37-22-25-12-5-3-6-13-25/h3-8,11-17,20,26,32-33H,2,9-10,18-19,21-24H2,1H3,(H2,34,35,36). The smallest absolute Gasteiger partial charge is 0.336 e. The van der Waals surface area contributed by atoms with Crippen molar-refractivity contribution in [1.29, 1.82) is 0 Å². The monoisotopic (exact) mass is 569 g/mol. The quantitative estimate of drug-likeness (QED) is 0.193. The molecule has 3 aromatic carbocycles. The van der Waals surface area contributed by atoms with Crippen LogP contribution in [0.4, 0.5) is 0 Å². The van der Waals surface area contributed by atoms with Crippen LogP contribution in [0.5, 0.6) is 17.2 Å². The zero-order valence-corrected chi connectivity index (χ0v) is 23.8. The fourth-order valence-corrected chi connectivity index (χ4v) is 7.19. The molecule has 40 heavy (non-hydrogen) atoms. The third-order valence-corrected chi connectivity index (χ3v) is 9.78. The number of hydrogen-bond donors (Lipinski definition) is 4. The Morgan fingerprint density at radius 3 is 2.15 bits per heavy atom. The summed E-state index contributed by atoms with van der Waals surface area (Å²) in [6.07, 6.45) is 2.00. The summed E-state index contributed by atoms with van der Waals surface area (Å²) in [5.74, 6) is 1.79. The largest absolute Gasteiger partial charge is 0.492 e.